The van der Waals surface area contributed by atoms with Crippen LogP contribution in [0.15, 0.2) is 17.5 Å². The molecule has 0 atom stereocenters. The van der Waals surface area contributed by atoms with Crippen LogP contribution in [0.3, 0.4) is 0 Å². The van der Waals surface area contributed by atoms with E-state index in [-0.39, 0.29) is 0 Å². The predicted octanol–water partition coefficient (Wildman–Crippen LogP) is 2.95. The van der Waals surface area contributed by atoms with E-state index in [1.165, 1.54) is 29.5 Å². The summed E-state index contributed by atoms with van der Waals surface area (Å²) in [6.45, 7) is 3.64. The lowest BCUT2D eigenvalue weighted by atomic mass is 10.4. The Morgan fingerprint density at radius 1 is 1.23 bits per heavy atom. The van der Waals surface area contributed by atoms with Gasteiger partial charge in [0.1, 0.15) is 0 Å². The number of thiophene rings is 1. The fourth-order valence-electron chi connectivity index (χ4n) is 1.34. The largest absolute Gasteiger partial charge is 0.297 e. The molecule has 0 amide bonds. The van der Waals surface area contributed by atoms with Crippen molar-refractivity contribution in [1.82, 2.24) is 4.90 Å². The smallest absolute Gasteiger partial charge is 0.0328 e. The molecule has 0 unspecified atom stereocenters. The second-order valence-electron chi connectivity index (χ2n) is 3.00. The average Bonchev–Trinajstić information content (AvgIpc) is 2.49. The van der Waals surface area contributed by atoms with Crippen molar-refractivity contribution >= 4 is 32.9 Å². The normalized spacial score (nSPS) is 20.0. The molecule has 0 bridgehead atoms. The molecule has 0 saturated carbocycles. The molecular formula is C9H13NS3. The van der Waals surface area contributed by atoms with Crippen LogP contribution in [0.5, 0.6) is 0 Å². The lowest BCUT2D eigenvalue weighted by Gasteiger charge is -2.17. The van der Waals surface area contributed by atoms with Crippen molar-refractivity contribution in [3.05, 3.63) is 22.4 Å². The first-order chi connectivity index (χ1) is 6.45. The zero-order chi connectivity index (χ0) is 8.93. The van der Waals surface area contributed by atoms with Gasteiger partial charge >= 0.3 is 0 Å². The van der Waals surface area contributed by atoms with Crippen LogP contribution >= 0.6 is 32.9 Å². The molecule has 2 rings (SSSR count). The van der Waals surface area contributed by atoms with Crippen LogP contribution in [0, 0.1) is 0 Å². The van der Waals surface area contributed by atoms with E-state index in [4.69, 9.17) is 0 Å². The number of hydrogen-bond donors (Lipinski definition) is 0. The third kappa shape index (κ3) is 3.20. The van der Waals surface area contributed by atoms with Gasteiger partial charge in [-0.25, -0.2) is 0 Å². The monoisotopic (exact) mass is 231 g/mol. The fourth-order valence-corrected chi connectivity index (χ4v) is 4.15. The third-order valence-electron chi connectivity index (χ3n) is 2.02. The van der Waals surface area contributed by atoms with Crippen LogP contribution < -0.4 is 0 Å². The highest BCUT2D eigenvalue weighted by molar-refractivity contribution is 8.76. The lowest BCUT2D eigenvalue weighted by molar-refractivity contribution is 0.305. The summed E-state index contributed by atoms with van der Waals surface area (Å²) in [5.74, 6) is 2.55. The first-order valence-corrected chi connectivity index (χ1v) is 7.81. The van der Waals surface area contributed by atoms with Crippen molar-refractivity contribution in [2.75, 3.05) is 24.6 Å². The minimum absolute atomic E-state index is 1.15. The van der Waals surface area contributed by atoms with Crippen molar-refractivity contribution in [3.8, 4) is 0 Å². The number of rotatable bonds is 2. The van der Waals surface area contributed by atoms with Crippen LogP contribution in [0.1, 0.15) is 4.88 Å². The van der Waals surface area contributed by atoms with E-state index in [2.05, 4.69) is 22.4 Å². The van der Waals surface area contributed by atoms with Crippen LogP contribution in [-0.4, -0.2) is 29.5 Å². The van der Waals surface area contributed by atoms with Crippen LogP contribution in [0.25, 0.3) is 0 Å². The second kappa shape index (κ2) is 5.29. The lowest BCUT2D eigenvalue weighted by Crippen LogP contribution is -2.26. The zero-order valence-corrected chi connectivity index (χ0v) is 9.89. The molecule has 0 aromatic carbocycles. The van der Waals surface area contributed by atoms with Crippen molar-refractivity contribution in [1.29, 1.82) is 0 Å². The van der Waals surface area contributed by atoms with Crippen molar-refractivity contribution in [3.63, 3.8) is 0 Å². The summed E-state index contributed by atoms with van der Waals surface area (Å²) < 4.78 is 0. The van der Waals surface area contributed by atoms with Crippen molar-refractivity contribution in [2.24, 2.45) is 0 Å². The first kappa shape index (κ1) is 9.90. The molecule has 0 N–H and O–H groups in total. The van der Waals surface area contributed by atoms with Crippen molar-refractivity contribution < 1.29 is 0 Å². The SMILES string of the molecule is c1csc(CN2CCSSCC2)c1. The number of hydrogen-bond acceptors (Lipinski definition) is 4. The molecular weight excluding hydrogens is 218 g/mol. The molecule has 1 aliphatic heterocycles. The van der Waals surface area contributed by atoms with Gasteiger partial charge in [0.2, 0.25) is 0 Å². The Balaban J connectivity index is 1.86. The molecule has 1 aliphatic rings. The second-order valence-corrected chi connectivity index (χ2v) is 6.73. The molecule has 1 aromatic heterocycles. The quantitative estimate of drug-likeness (QED) is 0.721. The summed E-state index contributed by atoms with van der Waals surface area (Å²) in [5.41, 5.74) is 0. The Hall–Kier alpha value is 0.360. The molecule has 13 heavy (non-hydrogen) atoms. The zero-order valence-electron chi connectivity index (χ0n) is 7.44. The highest BCUT2D eigenvalue weighted by Crippen LogP contribution is 2.24. The van der Waals surface area contributed by atoms with E-state index < -0.39 is 0 Å². The molecule has 4 heteroatoms. The fraction of sp³-hybridized carbons (Fsp3) is 0.556. The summed E-state index contributed by atoms with van der Waals surface area (Å²) in [7, 11) is 4.02. The van der Waals surface area contributed by atoms with Gasteiger partial charge in [-0.1, -0.05) is 27.7 Å². The van der Waals surface area contributed by atoms with Gasteiger partial charge in [0, 0.05) is 36.0 Å². The van der Waals surface area contributed by atoms with E-state index in [9.17, 15) is 0 Å². The van der Waals surface area contributed by atoms with Gasteiger partial charge in [-0.15, -0.1) is 11.3 Å². The van der Waals surface area contributed by atoms with Crippen LogP contribution in [-0.2, 0) is 6.54 Å². The Morgan fingerprint density at radius 2 is 2.00 bits per heavy atom. The van der Waals surface area contributed by atoms with E-state index in [1.54, 1.807) is 0 Å². The third-order valence-corrected chi connectivity index (χ3v) is 5.25. The highest BCUT2D eigenvalue weighted by Gasteiger charge is 2.09. The summed E-state index contributed by atoms with van der Waals surface area (Å²) in [6, 6.07) is 4.37. The number of nitrogens with zero attached hydrogens (tertiary/aromatic N) is 1. The van der Waals surface area contributed by atoms with Gasteiger partial charge in [-0.05, 0) is 11.4 Å². The van der Waals surface area contributed by atoms with Gasteiger partial charge in [0.25, 0.3) is 0 Å². The molecule has 0 radical (unpaired) electrons. The van der Waals surface area contributed by atoms with Crippen LogP contribution in [0.4, 0.5) is 0 Å². The Bertz CT molecular complexity index is 227. The van der Waals surface area contributed by atoms with Crippen molar-refractivity contribution in [2.45, 2.75) is 6.54 Å². The maximum Gasteiger partial charge on any atom is 0.0328 e. The average molecular weight is 231 g/mol. The Labute approximate surface area is 91.3 Å². The molecule has 1 aromatic rings. The molecule has 0 aliphatic carbocycles. The van der Waals surface area contributed by atoms with Gasteiger partial charge in [-0.2, -0.15) is 0 Å². The molecule has 72 valence electrons. The van der Waals surface area contributed by atoms with E-state index in [0.29, 0.717) is 0 Å². The predicted molar refractivity (Wildman–Crippen MR) is 64.5 cm³/mol. The van der Waals surface area contributed by atoms with Gasteiger partial charge in [-0.3, -0.25) is 4.90 Å². The first-order valence-electron chi connectivity index (χ1n) is 4.44. The Kier molecular flexibility index (Phi) is 4.03. The molecule has 1 saturated heterocycles. The molecule has 1 fully saturated rings. The standard InChI is InChI=1S/C9H13NS3/c1-2-9(11-5-1)8-10-3-6-12-13-7-4-10/h1-2,5H,3-4,6-8H2. The Morgan fingerprint density at radius 3 is 2.62 bits per heavy atom. The maximum absolute atomic E-state index is 2.55. The molecule has 1 nitrogen and oxygen atoms in total. The summed E-state index contributed by atoms with van der Waals surface area (Å²) in [6.07, 6.45) is 0. The summed E-state index contributed by atoms with van der Waals surface area (Å²) in [5, 5.41) is 2.16. The molecule has 0 spiro atoms. The van der Waals surface area contributed by atoms with E-state index in [0.717, 1.165) is 6.54 Å². The van der Waals surface area contributed by atoms with E-state index in [1.807, 2.05) is 32.9 Å². The van der Waals surface area contributed by atoms with Crippen LogP contribution in [0.2, 0.25) is 0 Å². The van der Waals surface area contributed by atoms with Gasteiger partial charge in [0.15, 0.2) is 0 Å². The summed E-state index contributed by atoms with van der Waals surface area (Å²) in [4.78, 5) is 4.05. The summed E-state index contributed by atoms with van der Waals surface area (Å²) >= 11 is 1.87. The topological polar surface area (TPSA) is 3.24 Å². The minimum atomic E-state index is 1.15. The minimum Gasteiger partial charge on any atom is -0.297 e. The maximum atomic E-state index is 2.55. The molecule has 2 heterocycles. The van der Waals surface area contributed by atoms with E-state index >= 15 is 0 Å². The van der Waals surface area contributed by atoms with Gasteiger partial charge in [0.05, 0.1) is 0 Å². The highest BCUT2D eigenvalue weighted by atomic mass is 33.1. The van der Waals surface area contributed by atoms with Gasteiger partial charge < -0.3 is 0 Å².